The Labute approximate surface area is 96.2 Å². The molecule has 0 aliphatic carbocycles. The van der Waals surface area contributed by atoms with Crippen LogP contribution in [0.2, 0.25) is 0 Å². The molecule has 2 rings (SSSR count). The topological polar surface area (TPSA) is 38.1 Å². The highest BCUT2D eigenvalue weighted by Crippen LogP contribution is 2.24. The molecule has 4 nitrogen and oxygen atoms in total. The van der Waals surface area contributed by atoms with E-state index in [1.54, 1.807) is 6.92 Å². The second-order valence-electron chi connectivity index (χ2n) is 5.51. The van der Waals surface area contributed by atoms with Crippen LogP contribution in [0.1, 0.15) is 39.4 Å². The van der Waals surface area contributed by atoms with Gasteiger partial charge in [-0.2, -0.15) is 5.10 Å². The third-order valence-corrected chi connectivity index (χ3v) is 3.06. The van der Waals surface area contributed by atoms with E-state index in [9.17, 15) is 4.79 Å². The van der Waals surface area contributed by atoms with Gasteiger partial charge in [-0.1, -0.05) is 20.8 Å². The van der Waals surface area contributed by atoms with E-state index >= 15 is 0 Å². The van der Waals surface area contributed by atoms with Crippen LogP contribution in [0.5, 0.6) is 0 Å². The Kier molecular flexibility index (Phi) is 2.52. The van der Waals surface area contributed by atoms with Crippen molar-refractivity contribution >= 4 is 5.91 Å². The van der Waals surface area contributed by atoms with Gasteiger partial charge in [0, 0.05) is 31.6 Å². The molecular formula is C12H19N3O. The first-order valence-electron chi connectivity index (χ1n) is 5.69. The maximum absolute atomic E-state index is 11.1. The smallest absolute Gasteiger partial charge is 0.219 e. The van der Waals surface area contributed by atoms with Gasteiger partial charge in [0.1, 0.15) is 0 Å². The number of likely N-dealkylation sites (tertiary alicyclic amines) is 1. The van der Waals surface area contributed by atoms with Crippen molar-refractivity contribution in [1.29, 1.82) is 0 Å². The van der Waals surface area contributed by atoms with Crippen LogP contribution in [-0.4, -0.2) is 33.7 Å². The lowest BCUT2D eigenvalue weighted by molar-refractivity contribution is -0.134. The Morgan fingerprint density at radius 3 is 2.50 bits per heavy atom. The maximum Gasteiger partial charge on any atom is 0.219 e. The van der Waals surface area contributed by atoms with Gasteiger partial charge in [-0.3, -0.25) is 9.48 Å². The molecule has 0 saturated carbocycles. The molecule has 4 heteroatoms. The van der Waals surface area contributed by atoms with Gasteiger partial charge < -0.3 is 4.90 Å². The lowest BCUT2D eigenvalue weighted by Gasteiger charge is -2.38. The van der Waals surface area contributed by atoms with Gasteiger partial charge in [-0.15, -0.1) is 0 Å². The van der Waals surface area contributed by atoms with Crippen LogP contribution in [0.4, 0.5) is 0 Å². The minimum atomic E-state index is 0.0925. The molecule has 0 N–H and O–H groups in total. The Bertz CT molecular complexity index is 397. The Morgan fingerprint density at radius 2 is 2.06 bits per heavy atom. The summed E-state index contributed by atoms with van der Waals surface area (Å²) in [5.41, 5.74) is 1.20. The zero-order valence-corrected chi connectivity index (χ0v) is 10.4. The molecule has 2 heterocycles. The standard InChI is InChI=1S/C12H19N3O/c1-9(16)14-7-10(8-14)15-6-5-11(13-15)12(2,3)4/h5-6,10H,7-8H2,1-4H3. The number of nitrogens with zero attached hydrogens (tertiary/aromatic N) is 3. The fourth-order valence-corrected chi connectivity index (χ4v) is 1.82. The quantitative estimate of drug-likeness (QED) is 0.722. The lowest BCUT2D eigenvalue weighted by atomic mass is 9.93. The average Bonchev–Trinajstić information content (AvgIpc) is 2.47. The molecule has 1 aliphatic rings. The van der Waals surface area contributed by atoms with Crippen molar-refractivity contribution in [3.05, 3.63) is 18.0 Å². The van der Waals surface area contributed by atoms with Crippen LogP contribution in [0, 0.1) is 0 Å². The van der Waals surface area contributed by atoms with Crippen molar-refractivity contribution in [3.8, 4) is 0 Å². The highest BCUT2D eigenvalue weighted by Gasteiger charge is 2.31. The van der Waals surface area contributed by atoms with E-state index in [4.69, 9.17) is 0 Å². The zero-order chi connectivity index (χ0) is 11.9. The van der Waals surface area contributed by atoms with Gasteiger partial charge in [0.05, 0.1) is 11.7 Å². The molecule has 1 fully saturated rings. The van der Waals surface area contributed by atoms with E-state index in [0.29, 0.717) is 6.04 Å². The Balaban J connectivity index is 2.03. The normalized spacial score (nSPS) is 17.4. The summed E-state index contributed by atoms with van der Waals surface area (Å²) in [6.45, 7) is 9.66. The predicted molar refractivity (Wildman–Crippen MR) is 62.2 cm³/mol. The Hall–Kier alpha value is -1.32. The molecule has 1 aromatic heterocycles. The van der Waals surface area contributed by atoms with Gasteiger partial charge in [0.15, 0.2) is 0 Å². The summed E-state index contributed by atoms with van der Waals surface area (Å²) in [5.74, 6) is 0.152. The van der Waals surface area contributed by atoms with Crippen LogP contribution in [0.3, 0.4) is 0 Å². The van der Waals surface area contributed by atoms with Crippen molar-refractivity contribution in [2.45, 2.75) is 39.2 Å². The zero-order valence-electron chi connectivity index (χ0n) is 10.4. The fourth-order valence-electron chi connectivity index (χ4n) is 1.82. The number of hydrogen-bond donors (Lipinski definition) is 0. The summed E-state index contributed by atoms with van der Waals surface area (Å²) in [6.07, 6.45) is 2.02. The monoisotopic (exact) mass is 221 g/mol. The Morgan fingerprint density at radius 1 is 1.44 bits per heavy atom. The molecule has 1 aromatic rings. The van der Waals surface area contributed by atoms with Crippen LogP contribution >= 0.6 is 0 Å². The molecule has 16 heavy (non-hydrogen) atoms. The van der Waals surface area contributed by atoms with E-state index in [0.717, 1.165) is 18.8 Å². The van der Waals surface area contributed by atoms with Gasteiger partial charge in [-0.25, -0.2) is 0 Å². The summed E-state index contributed by atoms with van der Waals surface area (Å²) >= 11 is 0. The third kappa shape index (κ3) is 1.96. The lowest BCUT2D eigenvalue weighted by Crippen LogP contribution is -2.50. The van der Waals surface area contributed by atoms with E-state index < -0.39 is 0 Å². The van der Waals surface area contributed by atoms with Crippen molar-refractivity contribution in [1.82, 2.24) is 14.7 Å². The number of carbonyl (C=O) groups is 1. The summed E-state index contributed by atoms with van der Waals surface area (Å²) in [5, 5.41) is 4.58. The molecule has 0 bridgehead atoms. The summed E-state index contributed by atoms with van der Waals surface area (Å²) in [6, 6.07) is 2.43. The minimum absolute atomic E-state index is 0.0925. The van der Waals surface area contributed by atoms with Crippen molar-refractivity contribution < 1.29 is 4.79 Å². The summed E-state index contributed by atoms with van der Waals surface area (Å²) in [4.78, 5) is 12.9. The first-order chi connectivity index (χ1) is 7.38. The number of amides is 1. The van der Waals surface area contributed by atoms with E-state index in [2.05, 4.69) is 31.9 Å². The number of hydrogen-bond acceptors (Lipinski definition) is 2. The highest BCUT2D eigenvalue weighted by molar-refractivity contribution is 5.74. The molecule has 0 unspecified atom stereocenters. The SMILES string of the molecule is CC(=O)N1CC(n2ccc(C(C)(C)C)n2)C1. The van der Waals surface area contributed by atoms with Crippen LogP contribution < -0.4 is 0 Å². The molecule has 0 radical (unpaired) electrons. The summed E-state index contributed by atoms with van der Waals surface area (Å²) < 4.78 is 1.99. The summed E-state index contributed by atoms with van der Waals surface area (Å²) in [7, 11) is 0. The van der Waals surface area contributed by atoms with Crippen LogP contribution in [0.15, 0.2) is 12.3 Å². The van der Waals surface area contributed by atoms with E-state index in [1.165, 1.54) is 0 Å². The van der Waals surface area contributed by atoms with Crippen molar-refractivity contribution in [3.63, 3.8) is 0 Å². The van der Waals surface area contributed by atoms with Crippen LogP contribution in [-0.2, 0) is 10.2 Å². The maximum atomic E-state index is 11.1. The average molecular weight is 221 g/mol. The van der Waals surface area contributed by atoms with Crippen molar-refractivity contribution in [2.24, 2.45) is 0 Å². The number of aromatic nitrogens is 2. The molecule has 0 aromatic carbocycles. The van der Waals surface area contributed by atoms with Gasteiger partial charge in [0.2, 0.25) is 5.91 Å². The van der Waals surface area contributed by atoms with Gasteiger partial charge in [-0.05, 0) is 6.07 Å². The third-order valence-electron chi connectivity index (χ3n) is 3.06. The molecule has 0 spiro atoms. The van der Waals surface area contributed by atoms with Gasteiger partial charge in [0.25, 0.3) is 0 Å². The molecule has 0 atom stereocenters. The second-order valence-corrected chi connectivity index (χ2v) is 5.51. The van der Waals surface area contributed by atoms with E-state index in [1.807, 2.05) is 15.8 Å². The van der Waals surface area contributed by atoms with Crippen molar-refractivity contribution in [2.75, 3.05) is 13.1 Å². The van der Waals surface area contributed by atoms with Crippen LogP contribution in [0.25, 0.3) is 0 Å². The molecule has 1 saturated heterocycles. The van der Waals surface area contributed by atoms with E-state index in [-0.39, 0.29) is 11.3 Å². The fraction of sp³-hybridized carbons (Fsp3) is 0.667. The first kappa shape index (κ1) is 11.2. The molecule has 88 valence electrons. The largest absolute Gasteiger partial charge is 0.339 e. The highest BCUT2D eigenvalue weighted by atomic mass is 16.2. The molecule has 1 amide bonds. The minimum Gasteiger partial charge on any atom is -0.339 e. The number of carbonyl (C=O) groups excluding carboxylic acids is 1. The number of rotatable bonds is 1. The van der Waals surface area contributed by atoms with Gasteiger partial charge >= 0.3 is 0 Å². The first-order valence-corrected chi connectivity index (χ1v) is 5.69. The molecule has 1 aliphatic heterocycles. The second kappa shape index (κ2) is 3.61. The predicted octanol–water partition coefficient (Wildman–Crippen LogP) is 1.58. The molecular weight excluding hydrogens is 202 g/mol.